The van der Waals surface area contributed by atoms with Crippen LogP contribution in [0, 0.1) is 12.8 Å². The summed E-state index contributed by atoms with van der Waals surface area (Å²) in [6.07, 6.45) is 3.60. The number of carbonyl (C=O) groups is 2. The molecule has 37 heavy (non-hydrogen) atoms. The Morgan fingerprint density at radius 3 is 2.49 bits per heavy atom. The zero-order chi connectivity index (χ0) is 27.8. The van der Waals surface area contributed by atoms with Crippen LogP contribution in [0.15, 0.2) is 29.8 Å². The Bertz CT molecular complexity index is 1050. The third-order valence-corrected chi connectivity index (χ3v) is 8.80. The number of piperidine rings is 1. The number of carbonyl (C=O) groups excluding carboxylic acids is 2. The minimum Gasteiger partial charge on any atom is -0.497 e. The third-order valence-electron chi connectivity index (χ3n) is 6.70. The molecule has 0 saturated carbocycles. The second-order valence-corrected chi connectivity index (χ2v) is 11.4. The zero-order valence-corrected chi connectivity index (χ0v) is 23.6. The Hall–Kier alpha value is -2.47. The molecule has 1 aromatic rings. The fraction of sp³-hybridized carbons (Fsp3) is 0.615. The summed E-state index contributed by atoms with van der Waals surface area (Å²) >= 11 is 0. The average molecular weight is 539 g/mol. The van der Waals surface area contributed by atoms with Gasteiger partial charge in [0.2, 0.25) is 15.9 Å². The Morgan fingerprint density at radius 1 is 1.30 bits per heavy atom. The Labute approximate surface area is 221 Å². The number of sulfonamides is 1. The van der Waals surface area contributed by atoms with Gasteiger partial charge >= 0.3 is 0 Å². The molecule has 2 amide bonds. The normalized spacial score (nSPS) is 15.5. The topological polar surface area (TPSA) is 122 Å². The molecule has 1 aliphatic rings. The van der Waals surface area contributed by atoms with Crippen molar-refractivity contribution in [3.05, 3.63) is 36.0 Å². The zero-order valence-electron chi connectivity index (χ0n) is 22.7. The molecule has 10 nitrogen and oxygen atoms in total. The molecule has 1 saturated heterocycles. The number of aryl methyl sites for hydroxylation is 2. The summed E-state index contributed by atoms with van der Waals surface area (Å²) in [5.41, 5.74) is 7.00. The quantitative estimate of drug-likeness (QED) is 0.380. The van der Waals surface area contributed by atoms with E-state index >= 15 is 0 Å². The van der Waals surface area contributed by atoms with E-state index in [9.17, 15) is 18.0 Å². The van der Waals surface area contributed by atoms with Crippen molar-refractivity contribution in [3.8, 4) is 5.75 Å². The highest BCUT2D eigenvalue weighted by Gasteiger charge is 2.28. The fourth-order valence-corrected chi connectivity index (χ4v) is 6.08. The number of benzene rings is 1. The van der Waals surface area contributed by atoms with E-state index in [1.165, 1.54) is 22.5 Å². The summed E-state index contributed by atoms with van der Waals surface area (Å²) in [4.78, 5) is 28.3. The van der Waals surface area contributed by atoms with Gasteiger partial charge in [-0.2, -0.15) is 4.31 Å². The van der Waals surface area contributed by atoms with E-state index < -0.39 is 16.1 Å². The van der Waals surface area contributed by atoms with E-state index in [0.29, 0.717) is 42.9 Å². The van der Waals surface area contributed by atoms with Crippen LogP contribution in [0.2, 0.25) is 0 Å². The number of amides is 2. The molecule has 0 aliphatic carbocycles. The molecular weight excluding hydrogens is 496 g/mol. The third kappa shape index (κ3) is 8.00. The van der Waals surface area contributed by atoms with E-state index in [1.807, 2.05) is 6.92 Å². The number of methoxy groups -OCH3 is 1. The number of nitrogens with zero attached hydrogens (tertiary/aromatic N) is 3. The summed E-state index contributed by atoms with van der Waals surface area (Å²) in [6, 6.07) is 2.94. The van der Waals surface area contributed by atoms with Crippen LogP contribution in [-0.2, 0) is 30.8 Å². The standard InChI is InChI=1S/C26H42N4O6S/c1-7-22-16-23(35-6)15-19(3)25(22)37(33,34)28(5)13-14-36-18-24(31)29(8-2)17-21-9-11-30(12-10-21)26(32)20(4)27/h8,15-16,20-21H,2,7,9-14,17-18,27H2,1,3-6H3. The van der Waals surface area contributed by atoms with Crippen molar-refractivity contribution < 1.29 is 27.5 Å². The predicted octanol–water partition coefficient (Wildman–Crippen LogP) is 1.76. The van der Waals surface area contributed by atoms with Gasteiger partial charge < -0.3 is 25.0 Å². The molecule has 1 heterocycles. The largest absolute Gasteiger partial charge is 0.497 e. The first-order chi connectivity index (χ1) is 17.5. The fourth-order valence-electron chi connectivity index (χ4n) is 4.45. The summed E-state index contributed by atoms with van der Waals surface area (Å²) in [6.45, 7) is 10.8. The minimum absolute atomic E-state index is 0.0523. The van der Waals surface area contributed by atoms with Crippen molar-refractivity contribution in [1.29, 1.82) is 0 Å². The molecule has 1 aliphatic heterocycles. The van der Waals surface area contributed by atoms with Crippen LogP contribution in [0.3, 0.4) is 0 Å². The van der Waals surface area contributed by atoms with E-state index in [1.54, 1.807) is 38.0 Å². The molecule has 1 fully saturated rings. The summed E-state index contributed by atoms with van der Waals surface area (Å²) in [5, 5.41) is 0. The summed E-state index contributed by atoms with van der Waals surface area (Å²) in [5.74, 6) is 0.571. The van der Waals surface area contributed by atoms with Crippen LogP contribution in [0.25, 0.3) is 0 Å². The van der Waals surface area contributed by atoms with E-state index in [-0.39, 0.29) is 42.4 Å². The lowest BCUT2D eigenvalue weighted by atomic mass is 9.96. The molecule has 1 atom stereocenters. The number of ether oxygens (including phenoxy) is 2. The Balaban J connectivity index is 1.86. The van der Waals surface area contributed by atoms with Gasteiger partial charge in [-0.3, -0.25) is 9.59 Å². The molecule has 0 radical (unpaired) electrons. The highest BCUT2D eigenvalue weighted by atomic mass is 32.2. The number of likely N-dealkylation sites (tertiary alicyclic amines) is 1. The number of hydrogen-bond acceptors (Lipinski definition) is 7. The Morgan fingerprint density at radius 2 is 1.95 bits per heavy atom. The van der Waals surface area contributed by atoms with Crippen LogP contribution in [-0.4, -0.2) is 93.9 Å². The highest BCUT2D eigenvalue weighted by molar-refractivity contribution is 7.89. The molecule has 2 rings (SSSR count). The van der Waals surface area contributed by atoms with Gasteiger partial charge in [0.1, 0.15) is 12.4 Å². The predicted molar refractivity (Wildman–Crippen MR) is 143 cm³/mol. The second kappa shape index (κ2) is 13.9. The summed E-state index contributed by atoms with van der Waals surface area (Å²) < 4.78 is 38.6. The van der Waals surface area contributed by atoms with Crippen LogP contribution < -0.4 is 10.5 Å². The second-order valence-electron chi connectivity index (χ2n) is 9.45. The molecule has 2 N–H and O–H groups in total. The maximum Gasteiger partial charge on any atom is 0.252 e. The molecule has 11 heteroatoms. The lowest BCUT2D eigenvalue weighted by molar-refractivity contribution is -0.136. The van der Waals surface area contributed by atoms with Crippen molar-refractivity contribution in [1.82, 2.24) is 14.1 Å². The number of nitrogens with two attached hydrogens (primary N) is 1. The smallest absolute Gasteiger partial charge is 0.252 e. The van der Waals surface area contributed by atoms with Crippen molar-refractivity contribution in [2.45, 2.75) is 51.0 Å². The van der Waals surface area contributed by atoms with Crippen LogP contribution in [0.5, 0.6) is 5.75 Å². The number of rotatable bonds is 13. The van der Waals surface area contributed by atoms with Crippen LogP contribution in [0.1, 0.15) is 37.8 Å². The lowest BCUT2D eigenvalue weighted by Crippen LogP contribution is -2.47. The Kier molecular flexibility index (Phi) is 11.5. The van der Waals surface area contributed by atoms with Gasteiger partial charge in [-0.05, 0) is 68.5 Å². The number of hydrogen-bond donors (Lipinski definition) is 1. The van der Waals surface area contributed by atoms with Crippen LogP contribution in [0.4, 0.5) is 0 Å². The first-order valence-electron chi connectivity index (χ1n) is 12.6. The van der Waals surface area contributed by atoms with Gasteiger partial charge in [0.15, 0.2) is 0 Å². The average Bonchev–Trinajstić information content (AvgIpc) is 2.88. The van der Waals surface area contributed by atoms with Gasteiger partial charge in [-0.25, -0.2) is 8.42 Å². The highest BCUT2D eigenvalue weighted by Crippen LogP contribution is 2.28. The van der Waals surface area contributed by atoms with Gasteiger partial charge in [-0.15, -0.1) is 0 Å². The molecule has 1 aromatic carbocycles. The van der Waals surface area contributed by atoms with E-state index in [4.69, 9.17) is 15.2 Å². The van der Waals surface area contributed by atoms with Gasteiger partial charge in [0.25, 0.3) is 5.91 Å². The van der Waals surface area contributed by atoms with Crippen molar-refractivity contribution in [2.24, 2.45) is 11.7 Å². The van der Waals surface area contributed by atoms with Crippen LogP contribution >= 0.6 is 0 Å². The monoisotopic (exact) mass is 538 g/mol. The van der Waals surface area contributed by atoms with E-state index in [0.717, 1.165) is 12.8 Å². The van der Waals surface area contributed by atoms with Gasteiger partial charge in [-0.1, -0.05) is 13.5 Å². The van der Waals surface area contributed by atoms with Crippen molar-refractivity contribution in [3.63, 3.8) is 0 Å². The lowest BCUT2D eigenvalue weighted by Gasteiger charge is -2.34. The maximum absolute atomic E-state index is 13.2. The van der Waals surface area contributed by atoms with Crippen molar-refractivity contribution in [2.75, 3.05) is 53.6 Å². The van der Waals surface area contributed by atoms with E-state index in [2.05, 4.69) is 6.58 Å². The molecule has 0 bridgehead atoms. The van der Waals surface area contributed by atoms with Crippen molar-refractivity contribution >= 4 is 21.8 Å². The first kappa shape index (κ1) is 30.8. The SMILES string of the molecule is C=CN(CC1CCN(C(=O)C(C)N)CC1)C(=O)COCCN(C)S(=O)(=O)c1c(C)cc(OC)cc1CC. The minimum atomic E-state index is -3.74. The molecule has 0 aromatic heterocycles. The molecule has 0 spiro atoms. The molecular formula is C26H42N4O6S. The molecule has 1 unspecified atom stereocenters. The maximum atomic E-state index is 13.2. The van der Waals surface area contributed by atoms with Gasteiger partial charge in [0, 0.05) is 33.2 Å². The molecule has 208 valence electrons. The van der Waals surface area contributed by atoms with Gasteiger partial charge in [0.05, 0.1) is 24.7 Å². The summed E-state index contributed by atoms with van der Waals surface area (Å²) in [7, 11) is -0.691. The first-order valence-corrected chi connectivity index (χ1v) is 14.1. The number of likely N-dealkylation sites (N-methyl/N-ethyl adjacent to an activating group) is 1.